The van der Waals surface area contributed by atoms with Crippen molar-refractivity contribution in [1.29, 1.82) is 0 Å². The lowest BCUT2D eigenvalue weighted by atomic mass is 9.98. The van der Waals surface area contributed by atoms with Gasteiger partial charge in [-0.3, -0.25) is 4.68 Å². The van der Waals surface area contributed by atoms with E-state index in [1.807, 2.05) is 20.0 Å². The van der Waals surface area contributed by atoms with Crippen molar-refractivity contribution >= 4 is 17.4 Å². The molecule has 1 aliphatic heterocycles. The summed E-state index contributed by atoms with van der Waals surface area (Å²) in [5.41, 5.74) is 8.88. The molecule has 0 radical (unpaired) electrons. The molecule has 20 heavy (non-hydrogen) atoms. The molecule has 2 heterocycles. The van der Waals surface area contributed by atoms with Crippen molar-refractivity contribution in [2.75, 3.05) is 18.9 Å². The summed E-state index contributed by atoms with van der Waals surface area (Å²) in [4.78, 5) is 0. The van der Waals surface area contributed by atoms with Gasteiger partial charge in [-0.2, -0.15) is 5.10 Å². The fraction of sp³-hybridized carbons (Fsp3) is 0.357. The molecule has 0 unspecified atom stereocenters. The fourth-order valence-electron chi connectivity index (χ4n) is 2.42. The first-order valence-corrected chi connectivity index (χ1v) is 6.90. The van der Waals surface area contributed by atoms with Crippen LogP contribution in [0.1, 0.15) is 12.5 Å². The highest BCUT2D eigenvalue weighted by atomic mass is 35.5. The van der Waals surface area contributed by atoms with Crippen molar-refractivity contribution in [3.63, 3.8) is 0 Å². The van der Waals surface area contributed by atoms with Gasteiger partial charge in [-0.15, -0.1) is 0 Å². The van der Waals surface area contributed by atoms with Gasteiger partial charge < -0.3 is 15.2 Å². The quantitative estimate of drug-likeness (QED) is 0.924. The zero-order valence-corrected chi connectivity index (χ0v) is 12.2. The first-order valence-electron chi connectivity index (χ1n) is 6.52. The number of nitrogen functional groups attached to an aromatic ring is 1. The maximum Gasteiger partial charge on any atom is 0.180 e. The minimum Gasteiger partial charge on any atom is -0.486 e. The number of ether oxygens (including phenoxy) is 2. The van der Waals surface area contributed by atoms with Gasteiger partial charge in [-0.05, 0) is 23.6 Å². The molecule has 6 heteroatoms. The summed E-state index contributed by atoms with van der Waals surface area (Å²) in [5.74, 6) is 1.89. The summed E-state index contributed by atoms with van der Waals surface area (Å²) in [5, 5.41) is 4.79. The van der Waals surface area contributed by atoms with Crippen LogP contribution in [0.4, 0.5) is 5.82 Å². The van der Waals surface area contributed by atoms with Crippen molar-refractivity contribution in [3.8, 4) is 22.6 Å². The molecular weight excluding hydrogens is 278 g/mol. The first-order chi connectivity index (χ1) is 9.63. The largest absolute Gasteiger partial charge is 0.486 e. The van der Waals surface area contributed by atoms with Crippen molar-refractivity contribution < 1.29 is 9.47 Å². The highest BCUT2D eigenvalue weighted by molar-refractivity contribution is 6.33. The number of anilines is 1. The third-order valence-electron chi connectivity index (χ3n) is 3.50. The Morgan fingerprint density at radius 2 is 2.10 bits per heavy atom. The molecule has 0 bridgehead atoms. The number of fused-ring (bicyclic) bond motifs is 1. The van der Waals surface area contributed by atoms with E-state index in [0.717, 1.165) is 23.1 Å². The first kappa shape index (κ1) is 13.1. The predicted molar refractivity (Wildman–Crippen MR) is 78.4 cm³/mol. The smallest absolute Gasteiger partial charge is 0.180 e. The summed E-state index contributed by atoms with van der Waals surface area (Å²) in [7, 11) is 1.81. The van der Waals surface area contributed by atoms with Crippen LogP contribution in [0.25, 0.3) is 11.1 Å². The normalized spacial score (nSPS) is 13.6. The van der Waals surface area contributed by atoms with E-state index in [1.165, 1.54) is 0 Å². The topological polar surface area (TPSA) is 62.3 Å². The van der Waals surface area contributed by atoms with Gasteiger partial charge in [-0.1, -0.05) is 18.5 Å². The van der Waals surface area contributed by atoms with Crippen molar-refractivity contribution in [3.05, 3.63) is 22.8 Å². The summed E-state index contributed by atoms with van der Waals surface area (Å²) in [6.45, 7) is 3.09. The van der Waals surface area contributed by atoms with Crippen LogP contribution in [0.2, 0.25) is 5.02 Å². The van der Waals surface area contributed by atoms with E-state index in [9.17, 15) is 0 Å². The molecule has 3 rings (SSSR count). The maximum atomic E-state index is 6.47. The highest BCUT2D eigenvalue weighted by Gasteiger charge is 2.23. The molecule has 0 saturated heterocycles. The molecule has 106 valence electrons. The number of halogens is 1. The fourth-order valence-corrected chi connectivity index (χ4v) is 2.81. The van der Waals surface area contributed by atoms with Crippen molar-refractivity contribution in [2.45, 2.75) is 13.3 Å². The van der Waals surface area contributed by atoms with Crippen molar-refractivity contribution in [1.82, 2.24) is 9.78 Å². The Morgan fingerprint density at radius 1 is 1.35 bits per heavy atom. The number of aryl methyl sites for hydroxylation is 1. The Kier molecular flexibility index (Phi) is 3.22. The van der Waals surface area contributed by atoms with Crippen LogP contribution in [-0.2, 0) is 13.5 Å². The lowest BCUT2D eigenvalue weighted by Crippen LogP contribution is -2.16. The van der Waals surface area contributed by atoms with Crippen LogP contribution in [0.15, 0.2) is 12.3 Å². The highest BCUT2D eigenvalue weighted by Crippen LogP contribution is 2.45. The maximum absolute atomic E-state index is 6.47. The van der Waals surface area contributed by atoms with E-state index >= 15 is 0 Å². The molecule has 0 spiro atoms. The monoisotopic (exact) mass is 293 g/mol. The average molecular weight is 294 g/mol. The molecule has 0 aliphatic carbocycles. The van der Waals surface area contributed by atoms with Gasteiger partial charge in [0.2, 0.25) is 0 Å². The van der Waals surface area contributed by atoms with Gasteiger partial charge in [-0.25, -0.2) is 0 Å². The molecule has 5 nitrogen and oxygen atoms in total. The third-order valence-corrected chi connectivity index (χ3v) is 3.90. The lowest BCUT2D eigenvalue weighted by Gasteiger charge is -2.22. The second kappa shape index (κ2) is 4.90. The minimum atomic E-state index is 0.518. The van der Waals surface area contributed by atoms with Gasteiger partial charge in [0.15, 0.2) is 11.5 Å². The summed E-state index contributed by atoms with van der Waals surface area (Å²) < 4.78 is 12.9. The van der Waals surface area contributed by atoms with Gasteiger partial charge in [0, 0.05) is 12.6 Å². The second-order valence-electron chi connectivity index (χ2n) is 4.66. The molecule has 0 atom stereocenters. The van der Waals surface area contributed by atoms with E-state index < -0.39 is 0 Å². The second-order valence-corrected chi connectivity index (χ2v) is 5.04. The van der Waals surface area contributed by atoms with E-state index in [0.29, 0.717) is 35.6 Å². The van der Waals surface area contributed by atoms with Gasteiger partial charge >= 0.3 is 0 Å². The van der Waals surface area contributed by atoms with Crippen LogP contribution in [0.5, 0.6) is 11.5 Å². The molecular formula is C14H16ClN3O2. The summed E-state index contributed by atoms with van der Waals surface area (Å²) in [6.07, 6.45) is 2.52. The van der Waals surface area contributed by atoms with Crippen LogP contribution < -0.4 is 15.2 Å². The number of nitrogens with two attached hydrogens (primary N) is 1. The van der Waals surface area contributed by atoms with Crippen LogP contribution in [0.3, 0.4) is 0 Å². The number of nitrogens with zero attached hydrogens (tertiary/aromatic N) is 2. The van der Waals surface area contributed by atoms with E-state index in [-0.39, 0.29) is 0 Å². The summed E-state index contributed by atoms with van der Waals surface area (Å²) in [6, 6.07) is 1.94. The predicted octanol–water partition coefficient (Wildman–Crippen LogP) is 2.66. The van der Waals surface area contributed by atoms with Gasteiger partial charge in [0.1, 0.15) is 19.0 Å². The Bertz CT molecular complexity index is 667. The molecule has 2 N–H and O–H groups in total. The van der Waals surface area contributed by atoms with Crippen LogP contribution in [-0.4, -0.2) is 23.0 Å². The Labute approximate surface area is 122 Å². The van der Waals surface area contributed by atoms with Gasteiger partial charge in [0.05, 0.1) is 11.2 Å². The minimum absolute atomic E-state index is 0.518. The third kappa shape index (κ3) is 1.89. The Morgan fingerprint density at radius 3 is 2.75 bits per heavy atom. The Balaban J connectivity index is 2.25. The molecule has 1 aromatic carbocycles. The molecule has 0 fully saturated rings. The lowest BCUT2D eigenvalue weighted by molar-refractivity contribution is 0.171. The molecule has 1 aromatic heterocycles. The number of rotatable bonds is 2. The number of hydrogen-bond donors (Lipinski definition) is 1. The van der Waals surface area contributed by atoms with E-state index in [2.05, 4.69) is 5.10 Å². The van der Waals surface area contributed by atoms with E-state index in [1.54, 1.807) is 10.9 Å². The number of hydrogen-bond acceptors (Lipinski definition) is 4. The van der Waals surface area contributed by atoms with Gasteiger partial charge in [0.25, 0.3) is 0 Å². The van der Waals surface area contributed by atoms with Crippen LogP contribution in [0, 0.1) is 0 Å². The molecule has 0 amide bonds. The zero-order valence-electron chi connectivity index (χ0n) is 11.4. The number of aromatic nitrogens is 2. The average Bonchev–Trinajstić information content (AvgIpc) is 2.79. The summed E-state index contributed by atoms with van der Waals surface area (Å²) >= 11 is 6.47. The van der Waals surface area contributed by atoms with Crippen LogP contribution >= 0.6 is 11.6 Å². The number of benzene rings is 1. The molecule has 1 aliphatic rings. The molecule has 0 saturated carbocycles. The SMILES string of the molecule is CCc1c(-c2cnn(C)c2N)cc2c(c1Cl)OCCO2. The zero-order chi connectivity index (χ0) is 14.3. The molecule has 2 aromatic rings. The van der Waals surface area contributed by atoms with Crippen molar-refractivity contribution in [2.24, 2.45) is 7.05 Å². The van der Waals surface area contributed by atoms with E-state index in [4.69, 9.17) is 26.8 Å². The standard InChI is InChI=1S/C14H16ClN3O2/c1-3-8-9(10-7-17-18(2)14(10)16)6-11-13(12(8)15)20-5-4-19-11/h6-7H,3-5,16H2,1-2H3. The Hall–Kier alpha value is -1.88.